The lowest BCUT2D eigenvalue weighted by molar-refractivity contribution is 0.152. The zero-order valence-electron chi connectivity index (χ0n) is 11.4. The van der Waals surface area contributed by atoms with Gasteiger partial charge in [0, 0.05) is 19.6 Å². The molecule has 2 heterocycles. The minimum atomic E-state index is 0.912. The molecule has 0 saturated carbocycles. The fourth-order valence-electron chi connectivity index (χ4n) is 3.25. The Bertz CT molecular complexity index is 394. The Balaban J connectivity index is 1.56. The maximum atomic E-state index is 3.22. The van der Waals surface area contributed by atoms with Crippen molar-refractivity contribution < 1.29 is 0 Å². The Hall–Kier alpha value is -0.860. The quantitative estimate of drug-likeness (QED) is 0.785. The molecule has 2 heteroatoms. The van der Waals surface area contributed by atoms with Gasteiger partial charge in [-0.3, -0.25) is 4.90 Å². The van der Waals surface area contributed by atoms with Crippen molar-refractivity contribution in [2.45, 2.75) is 25.8 Å². The lowest BCUT2D eigenvalue weighted by atomic mass is 9.94. The molecular formula is C16H23N2. The smallest absolute Gasteiger partial charge is 0.0236 e. The third kappa shape index (κ3) is 2.76. The Kier molecular flexibility index (Phi) is 3.67. The van der Waals surface area contributed by atoms with Gasteiger partial charge in [-0.15, -0.1) is 0 Å². The van der Waals surface area contributed by atoms with E-state index >= 15 is 0 Å². The van der Waals surface area contributed by atoms with Crippen LogP contribution in [0.1, 0.15) is 24.0 Å². The fraction of sp³-hybridized carbons (Fsp3) is 0.625. The fourth-order valence-corrected chi connectivity index (χ4v) is 3.25. The molecule has 0 amide bonds. The van der Waals surface area contributed by atoms with E-state index in [1.165, 1.54) is 56.6 Å². The predicted octanol–water partition coefficient (Wildman–Crippen LogP) is 2.19. The molecule has 0 atom stereocenters. The first-order chi connectivity index (χ1) is 8.81. The van der Waals surface area contributed by atoms with Gasteiger partial charge in [0.15, 0.2) is 0 Å². The van der Waals surface area contributed by atoms with Gasteiger partial charge in [0.05, 0.1) is 0 Å². The highest BCUT2D eigenvalue weighted by molar-refractivity contribution is 5.28. The maximum absolute atomic E-state index is 3.22. The summed E-state index contributed by atoms with van der Waals surface area (Å²) in [5.74, 6) is 0.912. The lowest BCUT2D eigenvalue weighted by Crippen LogP contribution is -2.39. The molecule has 18 heavy (non-hydrogen) atoms. The van der Waals surface area contributed by atoms with Gasteiger partial charge < -0.3 is 4.90 Å². The molecule has 1 radical (unpaired) electrons. The van der Waals surface area contributed by atoms with Crippen LogP contribution in [0.15, 0.2) is 18.2 Å². The van der Waals surface area contributed by atoms with Gasteiger partial charge >= 0.3 is 0 Å². The number of rotatable bonds is 2. The highest BCUT2D eigenvalue weighted by Gasteiger charge is 2.22. The van der Waals surface area contributed by atoms with E-state index in [0.29, 0.717) is 0 Å². The second-order valence-corrected chi connectivity index (χ2v) is 5.93. The molecule has 0 aliphatic carbocycles. The molecule has 3 rings (SSSR count). The lowest BCUT2D eigenvalue weighted by Gasteiger charge is -2.35. The molecule has 1 aromatic carbocycles. The molecule has 2 aliphatic rings. The van der Waals surface area contributed by atoms with E-state index in [4.69, 9.17) is 0 Å². The van der Waals surface area contributed by atoms with Gasteiger partial charge in [-0.25, -0.2) is 0 Å². The Morgan fingerprint density at radius 3 is 2.89 bits per heavy atom. The van der Waals surface area contributed by atoms with E-state index in [-0.39, 0.29) is 0 Å². The standard InChI is InChI=1S/C16H23N2/c1-17-9-6-14(7-10-17)12-18-11-8-15-4-2-3-5-16(15)13-18/h2,4-5,14H,6-13H2,1H3. The van der Waals surface area contributed by atoms with Crippen molar-refractivity contribution in [2.75, 3.05) is 33.2 Å². The summed E-state index contributed by atoms with van der Waals surface area (Å²) in [6.07, 6.45) is 3.97. The SMILES string of the molecule is CN1CCC(CN2CCc3cc[c]cc3C2)CC1. The second kappa shape index (κ2) is 5.41. The predicted molar refractivity (Wildman–Crippen MR) is 74.5 cm³/mol. The van der Waals surface area contributed by atoms with Gasteiger partial charge in [0.1, 0.15) is 0 Å². The van der Waals surface area contributed by atoms with Crippen LogP contribution < -0.4 is 0 Å². The van der Waals surface area contributed by atoms with Crippen molar-refractivity contribution in [3.05, 3.63) is 35.4 Å². The van der Waals surface area contributed by atoms with Crippen LogP contribution in [0.3, 0.4) is 0 Å². The van der Waals surface area contributed by atoms with E-state index < -0.39 is 0 Å². The topological polar surface area (TPSA) is 6.48 Å². The van der Waals surface area contributed by atoms with Crippen LogP contribution in [-0.2, 0) is 13.0 Å². The van der Waals surface area contributed by atoms with E-state index in [1.807, 2.05) is 6.07 Å². The van der Waals surface area contributed by atoms with Gasteiger partial charge in [-0.05, 0) is 68.6 Å². The molecule has 1 saturated heterocycles. The van der Waals surface area contributed by atoms with Crippen molar-refractivity contribution in [3.63, 3.8) is 0 Å². The average molecular weight is 243 g/mol. The van der Waals surface area contributed by atoms with Crippen molar-refractivity contribution >= 4 is 0 Å². The first kappa shape index (κ1) is 12.2. The van der Waals surface area contributed by atoms with E-state index in [2.05, 4.69) is 35.0 Å². The minimum absolute atomic E-state index is 0.912. The molecule has 1 aromatic rings. The molecule has 2 nitrogen and oxygen atoms in total. The third-order valence-corrected chi connectivity index (χ3v) is 4.50. The number of piperidine rings is 1. The Labute approximate surface area is 111 Å². The average Bonchev–Trinajstić information content (AvgIpc) is 2.41. The van der Waals surface area contributed by atoms with Crippen molar-refractivity contribution in [1.82, 2.24) is 9.80 Å². The number of benzene rings is 1. The van der Waals surface area contributed by atoms with E-state index in [1.54, 1.807) is 0 Å². The van der Waals surface area contributed by atoms with Crippen LogP contribution in [0.25, 0.3) is 0 Å². The molecular weight excluding hydrogens is 220 g/mol. The summed E-state index contributed by atoms with van der Waals surface area (Å²) in [7, 11) is 2.24. The Morgan fingerprint density at radius 2 is 2.06 bits per heavy atom. The van der Waals surface area contributed by atoms with Crippen molar-refractivity contribution in [1.29, 1.82) is 0 Å². The summed E-state index contributed by atoms with van der Waals surface area (Å²) in [6, 6.07) is 9.68. The Morgan fingerprint density at radius 1 is 1.22 bits per heavy atom. The third-order valence-electron chi connectivity index (χ3n) is 4.50. The molecule has 0 unspecified atom stereocenters. The second-order valence-electron chi connectivity index (χ2n) is 5.93. The number of hydrogen-bond acceptors (Lipinski definition) is 2. The van der Waals surface area contributed by atoms with Gasteiger partial charge in [0.25, 0.3) is 0 Å². The van der Waals surface area contributed by atoms with Crippen LogP contribution in [0, 0.1) is 12.0 Å². The van der Waals surface area contributed by atoms with Crippen LogP contribution >= 0.6 is 0 Å². The molecule has 97 valence electrons. The number of likely N-dealkylation sites (tertiary alicyclic amines) is 1. The van der Waals surface area contributed by atoms with E-state index in [9.17, 15) is 0 Å². The first-order valence-corrected chi connectivity index (χ1v) is 7.20. The zero-order chi connectivity index (χ0) is 12.4. The summed E-state index contributed by atoms with van der Waals surface area (Å²) in [5, 5.41) is 0. The summed E-state index contributed by atoms with van der Waals surface area (Å²) in [5.41, 5.74) is 3.03. The molecule has 0 bridgehead atoms. The first-order valence-electron chi connectivity index (χ1n) is 7.20. The summed E-state index contributed by atoms with van der Waals surface area (Å²) >= 11 is 0. The number of nitrogens with zero attached hydrogens (tertiary/aromatic N) is 2. The summed E-state index contributed by atoms with van der Waals surface area (Å²) in [6.45, 7) is 6.23. The monoisotopic (exact) mass is 243 g/mol. The van der Waals surface area contributed by atoms with Crippen LogP contribution in [-0.4, -0.2) is 43.0 Å². The van der Waals surface area contributed by atoms with Crippen molar-refractivity contribution in [2.24, 2.45) is 5.92 Å². The summed E-state index contributed by atoms with van der Waals surface area (Å²) in [4.78, 5) is 5.10. The normalized spacial score (nSPS) is 22.9. The van der Waals surface area contributed by atoms with Gasteiger partial charge in [-0.1, -0.05) is 12.1 Å². The van der Waals surface area contributed by atoms with Crippen molar-refractivity contribution in [3.8, 4) is 0 Å². The summed E-state index contributed by atoms with van der Waals surface area (Å²) < 4.78 is 0. The van der Waals surface area contributed by atoms with Crippen LogP contribution in [0.2, 0.25) is 0 Å². The highest BCUT2D eigenvalue weighted by atomic mass is 15.1. The van der Waals surface area contributed by atoms with Gasteiger partial charge in [-0.2, -0.15) is 0 Å². The molecule has 0 N–H and O–H groups in total. The maximum Gasteiger partial charge on any atom is 0.0236 e. The van der Waals surface area contributed by atoms with Crippen LogP contribution in [0.5, 0.6) is 0 Å². The largest absolute Gasteiger partial charge is 0.306 e. The number of hydrogen-bond donors (Lipinski definition) is 0. The molecule has 0 spiro atoms. The van der Waals surface area contributed by atoms with Crippen LogP contribution in [0.4, 0.5) is 0 Å². The zero-order valence-corrected chi connectivity index (χ0v) is 11.4. The minimum Gasteiger partial charge on any atom is -0.306 e. The van der Waals surface area contributed by atoms with Gasteiger partial charge in [0.2, 0.25) is 0 Å². The van der Waals surface area contributed by atoms with E-state index in [0.717, 1.165) is 12.5 Å². The molecule has 0 aromatic heterocycles. The molecule has 1 fully saturated rings. The molecule has 2 aliphatic heterocycles. The number of fused-ring (bicyclic) bond motifs is 1. The highest BCUT2D eigenvalue weighted by Crippen LogP contribution is 2.22.